The molecule has 2 aromatic carbocycles. The Morgan fingerprint density at radius 1 is 0.800 bits per heavy atom. The van der Waals surface area contributed by atoms with Crippen LogP contribution in [0.4, 0.5) is 5.95 Å². The molecule has 2 heterocycles. The van der Waals surface area contributed by atoms with Gasteiger partial charge in [0.05, 0.1) is 22.1 Å². The van der Waals surface area contributed by atoms with Crippen molar-refractivity contribution in [2.24, 2.45) is 0 Å². The fraction of sp³-hybridized carbons (Fsp3) is 0. The molecule has 0 atom stereocenters. The lowest BCUT2D eigenvalue weighted by Gasteiger charge is -1.81. The third kappa shape index (κ3) is 2.57. The zero-order valence-corrected chi connectivity index (χ0v) is 11.2. The van der Waals surface area contributed by atoms with Crippen LogP contribution in [0.25, 0.3) is 22.1 Å². The van der Waals surface area contributed by atoms with E-state index in [1.807, 2.05) is 48.5 Å². The lowest BCUT2D eigenvalue weighted by atomic mass is 10.3. The highest BCUT2D eigenvalue weighted by Gasteiger charge is 1.96. The highest BCUT2D eigenvalue weighted by atomic mass is 35.5. The van der Waals surface area contributed by atoms with Crippen molar-refractivity contribution in [3.05, 3.63) is 53.8 Å². The van der Waals surface area contributed by atoms with Crippen LogP contribution in [-0.4, -0.2) is 19.9 Å². The number of nitrogen functional groups attached to an aromatic ring is 1. The molecule has 20 heavy (non-hydrogen) atoms. The number of halogens is 1. The molecule has 100 valence electrons. The van der Waals surface area contributed by atoms with Crippen LogP contribution in [-0.2, 0) is 0 Å². The number of rotatable bonds is 0. The van der Waals surface area contributed by atoms with Gasteiger partial charge in [-0.3, -0.25) is 0 Å². The normalized spacial score (nSPS) is 10.4. The van der Waals surface area contributed by atoms with Crippen LogP contribution in [0.3, 0.4) is 0 Å². The van der Waals surface area contributed by atoms with E-state index < -0.39 is 0 Å². The molecule has 0 spiro atoms. The molecule has 0 aliphatic heterocycles. The van der Waals surface area contributed by atoms with E-state index in [-0.39, 0.29) is 0 Å². The number of aromatic amines is 2. The molecule has 0 aliphatic rings. The number of anilines is 1. The Bertz CT molecular complexity index is 711. The molecular formula is C14H12ClN5. The molecule has 0 aliphatic carbocycles. The third-order valence-corrected chi connectivity index (χ3v) is 2.95. The molecule has 0 radical (unpaired) electrons. The minimum absolute atomic E-state index is 0.446. The second-order valence-electron chi connectivity index (χ2n) is 4.18. The quantitative estimate of drug-likeness (QED) is 0.463. The zero-order chi connectivity index (χ0) is 13.9. The number of nitrogens with one attached hydrogen (secondary N) is 2. The van der Waals surface area contributed by atoms with E-state index in [0.717, 1.165) is 22.1 Å². The first-order valence-corrected chi connectivity index (χ1v) is 6.40. The molecule has 0 fully saturated rings. The maximum Gasteiger partial charge on any atom is 0.201 e. The minimum Gasteiger partial charge on any atom is -0.369 e. The highest BCUT2D eigenvalue weighted by molar-refractivity contribution is 6.29. The number of imidazole rings is 2. The first-order valence-electron chi connectivity index (χ1n) is 6.03. The third-order valence-electron chi connectivity index (χ3n) is 2.77. The molecule has 4 N–H and O–H groups in total. The second-order valence-corrected chi connectivity index (χ2v) is 4.54. The molecular weight excluding hydrogens is 274 g/mol. The Morgan fingerprint density at radius 3 is 1.95 bits per heavy atom. The predicted octanol–water partition coefficient (Wildman–Crippen LogP) is 3.36. The van der Waals surface area contributed by atoms with E-state index in [1.54, 1.807) is 0 Å². The summed E-state index contributed by atoms with van der Waals surface area (Å²) in [4.78, 5) is 13.9. The summed E-state index contributed by atoms with van der Waals surface area (Å²) in [6, 6.07) is 15.5. The maximum atomic E-state index is 5.62. The van der Waals surface area contributed by atoms with E-state index in [1.165, 1.54) is 0 Å². The van der Waals surface area contributed by atoms with E-state index in [0.29, 0.717) is 11.2 Å². The van der Waals surface area contributed by atoms with Gasteiger partial charge in [0.15, 0.2) is 5.95 Å². The summed E-state index contributed by atoms with van der Waals surface area (Å²) in [5, 5.41) is 0.446. The van der Waals surface area contributed by atoms with Gasteiger partial charge >= 0.3 is 0 Å². The topological polar surface area (TPSA) is 83.4 Å². The largest absolute Gasteiger partial charge is 0.369 e. The molecule has 0 saturated carbocycles. The highest BCUT2D eigenvalue weighted by Crippen LogP contribution is 2.12. The Labute approximate surface area is 119 Å². The summed E-state index contributed by atoms with van der Waals surface area (Å²) in [6.07, 6.45) is 0. The molecule has 2 aromatic heterocycles. The van der Waals surface area contributed by atoms with Crippen LogP contribution in [0, 0.1) is 0 Å². The van der Waals surface area contributed by atoms with Gasteiger partial charge in [-0.15, -0.1) is 0 Å². The molecule has 0 bridgehead atoms. The van der Waals surface area contributed by atoms with Crippen molar-refractivity contribution >= 4 is 39.6 Å². The van der Waals surface area contributed by atoms with Crippen molar-refractivity contribution in [1.82, 2.24) is 19.9 Å². The lowest BCUT2D eigenvalue weighted by Crippen LogP contribution is -1.84. The first-order chi connectivity index (χ1) is 9.72. The summed E-state index contributed by atoms with van der Waals surface area (Å²) in [5.41, 5.74) is 9.22. The Morgan fingerprint density at radius 2 is 1.35 bits per heavy atom. The summed E-state index contributed by atoms with van der Waals surface area (Å²) < 4.78 is 0. The van der Waals surface area contributed by atoms with Crippen LogP contribution in [0.5, 0.6) is 0 Å². The van der Waals surface area contributed by atoms with Gasteiger partial charge in [0.25, 0.3) is 0 Å². The number of hydrogen-bond acceptors (Lipinski definition) is 3. The number of para-hydroxylation sites is 4. The standard InChI is InChI=1S/C7H5ClN2.C7H7N3/c2*8-7-9-5-3-1-2-4-6(5)10-7/h1-4H,(H,9,10);1-4H,(H3,8,9,10). The number of H-pyrrole nitrogens is 2. The second kappa shape index (κ2) is 5.22. The maximum absolute atomic E-state index is 5.62. The number of nitrogens with two attached hydrogens (primary N) is 1. The van der Waals surface area contributed by atoms with Crippen LogP contribution >= 0.6 is 11.6 Å². The smallest absolute Gasteiger partial charge is 0.201 e. The van der Waals surface area contributed by atoms with E-state index in [2.05, 4.69) is 19.9 Å². The SMILES string of the molecule is Clc1nc2ccccc2[nH]1.Nc1nc2ccccc2[nH]1. The van der Waals surface area contributed by atoms with Crippen LogP contribution in [0.2, 0.25) is 5.28 Å². The molecule has 6 heteroatoms. The lowest BCUT2D eigenvalue weighted by molar-refractivity contribution is 1.34. The van der Waals surface area contributed by atoms with Crippen LogP contribution < -0.4 is 5.73 Å². The van der Waals surface area contributed by atoms with Gasteiger partial charge in [0.2, 0.25) is 5.28 Å². The first kappa shape index (κ1) is 12.5. The minimum atomic E-state index is 0.446. The summed E-state index contributed by atoms with van der Waals surface area (Å²) in [6.45, 7) is 0. The number of nitrogens with zero attached hydrogens (tertiary/aromatic N) is 2. The number of fused-ring (bicyclic) bond motifs is 2. The van der Waals surface area contributed by atoms with Gasteiger partial charge in [-0.05, 0) is 35.9 Å². The van der Waals surface area contributed by atoms with E-state index >= 15 is 0 Å². The predicted molar refractivity (Wildman–Crippen MR) is 81.6 cm³/mol. The van der Waals surface area contributed by atoms with Gasteiger partial charge in [-0.25, -0.2) is 9.97 Å². The van der Waals surface area contributed by atoms with Gasteiger partial charge in [-0.1, -0.05) is 24.3 Å². The molecule has 0 amide bonds. The van der Waals surface area contributed by atoms with Gasteiger partial charge in [0.1, 0.15) is 0 Å². The molecule has 4 rings (SSSR count). The van der Waals surface area contributed by atoms with Gasteiger partial charge in [0, 0.05) is 0 Å². The molecule has 0 unspecified atom stereocenters. The van der Waals surface area contributed by atoms with Gasteiger partial charge in [-0.2, -0.15) is 0 Å². The van der Waals surface area contributed by atoms with Crippen LogP contribution in [0.1, 0.15) is 0 Å². The van der Waals surface area contributed by atoms with Gasteiger partial charge < -0.3 is 15.7 Å². The van der Waals surface area contributed by atoms with Crippen molar-refractivity contribution in [3.8, 4) is 0 Å². The summed E-state index contributed by atoms with van der Waals surface area (Å²) in [5.74, 6) is 0.473. The fourth-order valence-corrected chi connectivity index (χ4v) is 2.09. The van der Waals surface area contributed by atoms with Crippen LogP contribution in [0.15, 0.2) is 48.5 Å². The van der Waals surface area contributed by atoms with Crippen molar-refractivity contribution in [3.63, 3.8) is 0 Å². The van der Waals surface area contributed by atoms with E-state index in [9.17, 15) is 0 Å². The van der Waals surface area contributed by atoms with Crippen molar-refractivity contribution in [2.75, 3.05) is 5.73 Å². The van der Waals surface area contributed by atoms with Crippen molar-refractivity contribution in [2.45, 2.75) is 0 Å². The Hall–Kier alpha value is -2.53. The number of hydrogen-bond donors (Lipinski definition) is 3. The fourth-order valence-electron chi connectivity index (χ4n) is 1.89. The summed E-state index contributed by atoms with van der Waals surface area (Å²) >= 11 is 5.62. The average Bonchev–Trinajstić information content (AvgIpc) is 2.99. The van der Waals surface area contributed by atoms with Crippen molar-refractivity contribution in [1.29, 1.82) is 0 Å². The summed E-state index contributed by atoms with van der Waals surface area (Å²) in [7, 11) is 0. The molecule has 4 aromatic rings. The monoisotopic (exact) mass is 285 g/mol. The Balaban J connectivity index is 0.000000121. The Kier molecular flexibility index (Phi) is 3.26. The number of aromatic nitrogens is 4. The molecule has 5 nitrogen and oxygen atoms in total. The number of benzene rings is 2. The van der Waals surface area contributed by atoms with E-state index in [4.69, 9.17) is 17.3 Å². The average molecular weight is 286 g/mol. The van der Waals surface area contributed by atoms with Crippen molar-refractivity contribution < 1.29 is 0 Å². The molecule has 0 saturated heterocycles. The zero-order valence-electron chi connectivity index (χ0n) is 10.5.